The van der Waals surface area contributed by atoms with Gasteiger partial charge in [0.25, 0.3) is 5.91 Å². The average Bonchev–Trinajstić information content (AvgIpc) is 3.38. The van der Waals surface area contributed by atoms with Gasteiger partial charge in [-0.25, -0.2) is 0 Å². The molecule has 0 saturated carbocycles. The molecule has 2 aromatic rings. The van der Waals surface area contributed by atoms with Crippen molar-refractivity contribution in [1.82, 2.24) is 5.32 Å². The molecule has 2 aromatic carbocycles. The second-order valence-corrected chi connectivity index (χ2v) is 16.1. The number of fused-ring (bicyclic) bond motifs is 2. The minimum Gasteiger partial charge on any atom is -0.497 e. The molecule has 5 rings (SSSR count). The monoisotopic (exact) mass is 537 g/mol. The zero-order chi connectivity index (χ0) is 27.1. The number of piperidine rings is 1. The Labute approximate surface area is 225 Å². The lowest BCUT2D eigenvalue weighted by atomic mass is 9.82. The molecule has 0 aliphatic carbocycles. The first kappa shape index (κ1) is 26.9. The molecule has 3 aliphatic heterocycles. The first-order valence-corrected chi connectivity index (χ1v) is 16.7. The average molecular weight is 538 g/mol. The molecule has 204 valence electrons. The number of hydrogen-bond donors (Lipinski definition) is 4. The van der Waals surface area contributed by atoms with Gasteiger partial charge < -0.3 is 30.5 Å². The van der Waals surface area contributed by atoms with Crippen LogP contribution in [0.2, 0.25) is 18.6 Å². The van der Waals surface area contributed by atoms with E-state index in [1.54, 1.807) is 7.11 Å². The van der Waals surface area contributed by atoms with E-state index in [1.807, 2.05) is 30.3 Å². The number of aliphatic hydroxyl groups excluding tert-OH is 1. The summed E-state index contributed by atoms with van der Waals surface area (Å²) in [5.74, 6) is 0.415. The van der Waals surface area contributed by atoms with E-state index in [-0.39, 0.29) is 41.9 Å². The second-order valence-electron chi connectivity index (χ2n) is 11.4. The number of anilines is 2. The third kappa shape index (κ3) is 4.45. The standard InChI is InChI=1S/C29H39N3O5Si/c1-18-26(38(3,4)22-10-8-21(36-2)9-11-22)25(13-15-33)37-29(18)23-16-20(7-12-24(23)32-28(29)35)31-27(34)19-6-5-14-30-17-19/h7-12,16,18-19,25-26,30,33H,5-6,13-15,17H2,1-4H3,(H,31,34)(H,32,35)/t18-,19?,25+,26-,29+/m0/s1. The molecule has 0 radical (unpaired) electrons. The number of carbonyl (C=O) groups is 2. The molecular weight excluding hydrogens is 498 g/mol. The summed E-state index contributed by atoms with van der Waals surface area (Å²) >= 11 is 0. The van der Waals surface area contributed by atoms with Gasteiger partial charge in [-0.05, 0) is 61.7 Å². The van der Waals surface area contributed by atoms with Crippen molar-refractivity contribution in [2.45, 2.75) is 56.5 Å². The zero-order valence-electron chi connectivity index (χ0n) is 22.7. The Bertz CT molecular complexity index is 1200. The maximum absolute atomic E-state index is 13.7. The number of methoxy groups -OCH3 is 1. The van der Waals surface area contributed by atoms with Crippen LogP contribution in [0.4, 0.5) is 11.4 Å². The minimum absolute atomic E-state index is 0.00653. The molecule has 9 heteroatoms. The molecule has 2 saturated heterocycles. The molecule has 1 unspecified atom stereocenters. The predicted molar refractivity (Wildman–Crippen MR) is 151 cm³/mol. The molecule has 2 amide bonds. The van der Waals surface area contributed by atoms with Crippen LogP contribution in [0.1, 0.15) is 31.7 Å². The van der Waals surface area contributed by atoms with Gasteiger partial charge in [0.1, 0.15) is 5.75 Å². The number of hydrogen-bond acceptors (Lipinski definition) is 6. The SMILES string of the molecule is COc1ccc([Si](C)(C)[C@@H]2[C@@H](CCO)O[C@]3(C(=O)Nc4ccc(NC(=O)C5CCCNC5)cc43)[C@H]2C)cc1. The van der Waals surface area contributed by atoms with E-state index >= 15 is 0 Å². The lowest BCUT2D eigenvalue weighted by molar-refractivity contribution is -0.143. The molecule has 0 aromatic heterocycles. The van der Waals surface area contributed by atoms with Gasteiger partial charge in [-0.1, -0.05) is 37.3 Å². The Hall–Kier alpha value is -2.72. The summed E-state index contributed by atoms with van der Waals surface area (Å²) in [5.41, 5.74) is 1.04. The van der Waals surface area contributed by atoms with Crippen molar-refractivity contribution in [3.05, 3.63) is 48.0 Å². The second kappa shape index (κ2) is 10.4. The molecule has 0 bridgehead atoms. The number of amides is 2. The van der Waals surface area contributed by atoms with E-state index in [0.29, 0.717) is 24.3 Å². The summed E-state index contributed by atoms with van der Waals surface area (Å²) in [7, 11) is -0.543. The number of aliphatic hydroxyl groups is 1. The first-order valence-electron chi connectivity index (χ1n) is 13.6. The molecule has 5 atom stereocenters. The quantitative estimate of drug-likeness (QED) is 0.404. The Morgan fingerprint density at radius 3 is 2.66 bits per heavy atom. The number of ether oxygens (including phenoxy) is 2. The first-order chi connectivity index (χ1) is 18.2. The van der Waals surface area contributed by atoms with Gasteiger partial charge >= 0.3 is 0 Å². The Kier molecular flexibility index (Phi) is 7.39. The molecule has 8 nitrogen and oxygen atoms in total. The van der Waals surface area contributed by atoms with Crippen LogP contribution in [0.3, 0.4) is 0 Å². The van der Waals surface area contributed by atoms with Crippen LogP contribution in [0.15, 0.2) is 42.5 Å². The van der Waals surface area contributed by atoms with E-state index in [4.69, 9.17) is 9.47 Å². The van der Waals surface area contributed by atoms with Crippen molar-refractivity contribution >= 4 is 36.4 Å². The van der Waals surface area contributed by atoms with Crippen LogP contribution < -0.4 is 25.9 Å². The third-order valence-corrected chi connectivity index (χ3v) is 13.3. The van der Waals surface area contributed by atoms with Gasteiger partial charge in [-0.3, -0.25) is 9.59 Å². The van der Waals surface area contributed by atoms with Crippen LogP contribution in [0.5, 0.6) is 5.75 Å². The van der Waals surface area contributed by atoms with E-state index in [1.165, 1.54) is 5.19 Å². The smallest absolute Gasteiger partial charge is 0.261 e. The lowest BCUT2D eigenvalue weighted by Gasteiger charge is -2.37. The highest BCUT2D eigenvalue weighted by Crippen LogP contribution is 2.58. The Balaban J connectivity index is 1.49. The van der Waals surface area contributed by atoms with Gasteiger partial charge in [0, 0.05) is 36.0 Å². The summed E-state index contributed by atoms with van der Waals surface area (Å²) in [6, 6.07) is 13.8. The van der Waals surface area contributed by atoms with Gasteiger partial charge in [-0.2, -0.15) is 0 Å². The topological polar surface area (TPSA) is 109 Å². The van der Waals surface area contributed by atoms with E-state index in [0.717, 1.165) is 30.7 Å². The molecule has 1 spiro atoms. The summed E-state index contributed by atoms with van der Waals surface area (Å²) in [6.45, 7) is 8.33. The normalized spacial score (nSPS) is 28.7. The predicted octanol–water partition coefficient (Wildman–Crippen LogP) is 3.18. The van der Waals surface area contributed by atoms with E-state index in [2.05, 4.69) is 48.1 Å². The highest BCUT2D eigenvalue weighted by atomic mass is 28.3. The van der Waals surface area contributed by atoms with Crippen LogP contribution >= 0.6 is 0 Å². The van der Waals surface area contributed by atoms with Crippen molar-refractivity contribution in [2.24, 2.45) is 11.8 Å². The van der Waals surface area contributed by atoms with E-state index < -0.39 is 13.7 Å². The fourth-order valence-electron chi connectivity index (χ4n) is 6.93. The van der Waals surface area contributed by atoms with Crippen LogP contribution in [-0.4, -0.2) is 57.9 Å². The van der Waals surface area contributed by atoms with Crippen molar-refractivity contribution in [3.63, 3.8) is 0 Å². The van der Waals surface area contributed by atoms with Crippen LogP contribution in [0, 0.1) is 11.8 Å². The highest BCUT2D eigenvalue weighted by molar-refractivity contribution is 6.91. The van der Waals surface area contributed by atoms with E-state index in [9.17, 15) is 14.7 Å². The summed E-state index contributed by atoms with van der Waals surface area (Å²) < 4.78 is 12.1. The minimum atomic E-state index is -2.20. The fraction of sp³-hybridized carbons (Fsp3) is 0.517. The number of nitrogens with one attached hydrogen (secondary N) is 3. The molecule has 38 heavy (non-hydrogen) atoms. The molecular formula is C29H39N3O5Si. The zero-order valence-corrected chi connectivity index (χ0v) is 23.7. The summed E-state index contributed by atoms with van der Waals surface area (Å²) in [6.07, 6.45) is 2.03. The summed E-state index contributed by atoms with van der Waals surface area (Å²) in [5, 5.41) is 20.6. The van der Waals surface area contributed by atoms with Crippen molar-refractivity contribution < 1.29 is 24.2 Å². The molecule has 2 fully saturated rings. The fourth-order valence-corrected chi connectivity index (χ4v) is 11.0. The lowest BCUT2D eigenvalue weighted by Crippen LogP contribution is -2.51. The van der Waals surface area contributed by atoms with Gasteiger partial charge in [0.2, 0.25) is 5.91 Å². The van der Waals surface area contributed by atoms with Gasteiger partial charge in [-0.15, -0.1) is 0 Å². The molecule has 4 N–H and O–H groups in total. The third-order valence-electron chi connectivity index (χ3n) is 8.94. The highest BCUT2D eigenvalue weighted by Gasteiger charge is 2.64. The Morgan fingerprint density at radius 1 is 1.24 bits per heavy atom. The molecule has 3 heterocycles. The van der Waals surface area contributed by atoms with Gasteiger partial charge in [0.15, 0.2) is 5.60 Å². The number of rotatable bonds is 7. The van der Waals surface area contributed by atoms with Crippen molar-refractivity contribution in [3.8, 4) is 5.75 Å². The molecule has 3 aliphatic rings. The maximum Gasteiger partial charge on any atom is 0.261 e. The van der Waals surface area contributed by atoms with Crippen LogP contribution in [-0.2, 0) is 19.9 Å². The largest absolute Gasteiger partial charge is 0.497 e. The number of benzene rings is 2. The number of carbonyl (C=O) groups excluding carboxylic acids is 2. The van der Waals surface area contributed by atoms with Crippen molar-refractivity contribution in [1.29, 1.82) is 0 Å². The van der Waals surface area contributed by atoms with Gasteiger partial charge in [0.05, 0.1) is 27.2 Å². The Morgan fingerprint density at radius 2 is 2.00 bits per heavy atom. The van der Waals surface area contributed by atoms with Crippen LogP contribution in [0.25, 0.3) is 0 Å². The maximum atomic E-state index is 13.7. The summed E-state index contributed by atoms with van der Waals surface area (Å²) in [4.78, 5) is 26.6. The van der Waals surface area contributed by atoms with Crippen molar-refractivity contribution in [2.75, 3.05) is 37.4 Å².